The van der Waals surface area contributed by atoms with E-state index in [4.69, 9.17) is 4.74 Å². The maximum absolute atomic E-state index is 12.2. The molecule has 88 valence electrons. The first kappa shape index (κ1) is 11.2. The second-order valence-corrected chi connectivity index (χ2v) is 4.67. The normalized spacial score (nSPS) is 33.4. The summed E-state index contributed by atoms with van der Waals surface area (Å²) in [5.74, 6) is -0.554. The van der Waals surface area contributed by atoms with Crippen LogP contribution >= 0.6 is 0 Å². The molecule has 0 aromatic carbocycles. The van der Waals surface area contributed by atoms with Crippen LogP contribution in [-0.2, 0) is 14.3 Å². The van der Waals surface area contributed by atoms with E-state index in [2.05, 4.69) is 6.58 Å². The van der Waals surface area contributed by atoms with Gasteiger partial charge in [0.05, 0.1) is 11.8 Å². The summed E-state index contributed by atoms with van der Waals surface area (Å²) >= 11 is 0. The topological polar surface area (TPSA) is 46.6 Å². The van der Waals surface area contributed by atoms with E-state index in [1.54, 1.807) is 18.0 Å². The number of fused-ring (bicyclic) bond motifs is 2. The Labute approximate surface area is 95.2 Å². The van der Waals surface area contributed by atoms with Gasteiger partial charge in [0.25, 0.3) is 0 Å². The van der Waals surface area contributed by atoms with Crippen molar-refractivity contribution < 1.29 is 14.3 Å². The highest BCUT2D eigenvalue weighted by atomic mass is 16.6. The number of hydrogen-bond donors (Lipinski definition) is 0. The molecule has 0 N–H and O–H groups in total. The minimum absolute atomic E-state index is 0.00245. The SMILES string of the molecule is C=CC(C)N(C)C(=O)C1CC2CC1C(=O)O2. The fraction of sp³-hybridized carbons (Fsp3) is 0.667. The van der Waals surface area contributed by atoms with Gasteiger partial charge in [0.15, 0.2) is 0 Å². The van der Waals surface area contributed by atoms with E-state index in [-0.39, 0.29) is 35.9 Å². The van der Waals surface area contributed by atoms with Crippen LogP contribution in [0.4, 0.5) is 0 Å². The van der Waals surface area contributed by atoms with E-state index in [0.29, 0.717) is 12.8 Å². The van der Waals surface area contributed by atoms with Crippen LogP contribution in [-0.4, -0.2) is 36.0 Å². The first-order chi connectivity index (χ1) is 7.54. The monoisotopic (exact) mass is 223 g/mol. The molecule has 1 aliphatic carbocycles. The summed E-state index contributed by atoms with van der Waals surface area (Å²) in [5, 5.41) is 0. The third-order valence-corrected chi connectivity index (χ3v) is 3.72. The molecule has 2 fully saturated rings. The Morgan fingerprint density at radius 1 is 1.62 bits per heavy atom. The Balaban J connectivity index is 2.06. The first-order valence-corrected chi connectivity index (χ1v) is 5.64. The van der Waals surface area contributed by atoms with E-state index in [9.17, 15) is 9.59 Å². The summed E-state index contributed by atoms with van der Waals surface area (Å²) in [6.07, 6.45) is 3.09. The number of hydrogen-bond acceptors (Lipinski definition) is 3. The van der Waals surface area contributed by atoms with Gasteiger partial charge in [0, 0.05) is 13.1 Å². The molecule has 4 unspecified atom stereocenters. The molecule has 4 nitrogen and oxygen atoms in total. The molecule has 2 bridgehead atoms. The lowest BCUT2D eigenvalue weighted by Crippen LogP contribution is -2.42. The zero-order valence-electron chi connectivity index (χ0n) is 9.68. The number of ether oxygens (including phenoxy) is 1. The lowest BCUT2D eigenvalue weighted by Gasteiger charge is -2.28. The molecule has 0 radical (unpaired) electrons. The molecule has 1 aliphatic heterocycles. The summed E-state index contributed by atoms with van der Waals surface area (Å²) in [5.41, 5.74) is 0. The quantitative estimate of drug-likeness (QED) is 0.529. The molecule has 1 saturated carbocycles. The fourth-order valence-corrected chi connectivity index (χ4v) is 2.49. The van der Waals surface area contributed by atoms with Crippen LogP contribution in [0.1, 0.15) is 19.8 Å². The highest BCUT2D eigenvalue weighted by Crippen LogP contribution is 2.41. The molecule has 4 atom stereocenters. The number of nitrogens with zero attached hydrogens (tertiary/aromatic N) is 1. The van der Waals surface area contributed by atoms with Crippen LogP contribution in [0.5, 0.6) is 0 Å². The van der Waals surface area contributed by atoms with Crippen LogP contribution in [0.3, 0.4) is 0 Å². The lowest BCUT2D eigenvalue weighted by atomic mass is 9.94. The van der Waals surface area contributed by atoms with E-state index in [1.165, 1.54) is 0 Å². The Hall–Kier alpha value is -1.32. The van der Waals surface area contributed by atoms with Gasteiger partial charge < -0.3 is 9.64 Å². The van der Waals surface area contributed by atoms with Gasteiger partial charge in [-0.25, -0.2) is 0 Å². The number of carbonyl (C=O) groups is 2. The predicted octanol–water partition coefficient (Wildman–Crippen LogP) is 0.971. The zero-order valence-corrected chi connectivity index (χ0v) is 9.68. The zero-order chi connectivity index (χ0) is 11.9. The third kappa shape index (κ3) is 1.62. The summed E-state index contributed by atoms with van der Waals surface area (Å²) < 4.78 is 5.08. The van der Waals surface area contributed by atoms with Gasteiger partial charge in [-0.15, -0.1) is 6.58 Å². The highest BCUT2D eigenvalue weighted by molar-refractivity contribution is 5.88. The molecule has 0 aromatic heterocycles. The van der Waals surface area contributed by atoms with Crippen molar-refractivity contribution in [3.05, 3.63) is 12.7 Å². The molecule has 2 rings (SSSR count). The maximum Gasteiger partial charge on any atom is 0.310 e. The predicted molar refractivity (Wildman–Crippen MR) is 58.5 cm³/mol. The molecule has 1 amide bonds. The molecular weight excluding hydrogens is 206 g/mol. The van der Waals surface area contributed by atoms with Crippen molar-refractivity contribution in [3.63, 3.8) is 0 Å². The second kappa shape index (κ2) is 3.92. The van der Waals surface area contributed by atoms with Crippen molar-refractivity contribution in [2.75, 3.05) is 7.05 Å². The van der Waals surface area contributed by atoms with Crippen molar-refractivity contribution >= 4 is 11.9 Å². The van der Waals surface area contributed by atoms with Gasteiger partial charge in [-0.3, -0.25) is 9.59 Å². The minimum Gasteiger partial charge on any atom is -0.462 e. The van der Waals surface area contributed by atoms with Crippen molar-refractivity contribution in [3.8, 4) is 0 Å². The van der Waals surface area contributed by atoms with E-state index >= 15 is 0 Å². The Bertz CT molecular complexity index is 339. The van der Waals surface area contributed by atoms with E-state index < -0.39 is 0 Å². The highest BCUT2D eigenvalue weighted by Gasteiger charge is 2.51. The van der Waals surface area contributed by atoms with Gasteiger partial charge in [0.1, 0.15) is 6.10 Å². The van der Waals surface area contributed by atoms with Crippen molar-refractivity contribution in [2.24, 2.45) is 11.8 Å². The van der Waals surface area contributed by atoms with Gasteiger partial charge in [0.2, 0.25) is 5.91 Å². The molecule has 1 saturated heterocycles. The summed E-state index contributed by atoms with van der Waals surface area (Å²) in [4.78, 5) is 25.2. The molecule has 0 aromatic rings. The summed E-state index contributed by atoms with van der Waals surface area (Å²) in [6, 6.07) is 0.00245. The number of esters is 1. The van der Waals surface area contributed by atoms with E-state index in [0.717, 1.165) is 0 Å². The van der Waals surface area contributed by atoms with Crippen LogP contribution in [0.15, 0.2) is 12.7 Å². The molecule has 16 heavy (non-hydrogen) atoms. The molecule has 2 aliphatic rings. The summed E-state index contributed by atoms with van der Waals surface area (Å²) in [6.45, 7) is 5.58. The van der Waals surface area contributed by atoms with Gasteiger partial charge in [-0.1, -0.05) is 6.08 Å². The average Bonchev–Trinajstić information content (AvgIpc) is 2.84. The smallest absolute Gasteiger partial charge is 0.310 e. The molecular formula is C12H17NO3. The van der Waals surface area contributed by atoms with E-state index in [1.807, 2.05) is 6.92 Å². The average molecular weight is 223 g/mol. The minimum atomic E-state index is -0.211. The molecule has 1 heterocycles. The van der Waals surface area contributed by atoms with Crippen molar-refractivity contribution in [2.45, 2.75) is 31.9 Å². The fourth-order valence-electron chi connectivity index (χ4n) is 2.49. The Morgan fingerprint density at radius 3 is 2.81 bits per heavy atom. The second-order valence-electron chi connectivity index (χ2n) is 4.67. The van der Waals surface area contributed by atoms with Gasteiger partial charge in [-0.2, -0.15) is 0 Å². The number of rotatable bonds is 3. The van der Waals surface area contributed by atoms with Crippen LogP contribution in [0.2, 0.25) is 0 Å². The first-order valence-electron chi connectivity index (χ1n) is 5.64. The summed E-state index contributed by atoms with van der Waals surface area (Å²) in [7, 11) is 1.76. The third-order valence-electron chi connectivity index (χ3n) is 3.72. The molecule has 4 heteroatoms. The molecule has 0 spiro atoms. The van der Waals surface area contributed by atoms with Crippen molar-refractivity contribution in [1.82, 2.24) is 4.90 Å². The number of carbonyl (C=O) groups excluding carboxylic acids is 2. The number of likely N-dealkylation sites (N-methyl/N-ethyl adjacent to an activating group) is 1. The Morgan fingerprint density at radius 2 is 2.31 bits per heavy atom. The van der Waals surface area contributed by atoms with Gasteiger partial charge >= 0.3 is 5.97 Å². The van der Waals surface area contributed by atoms with Crippen LogP contribution in [0.25, 0.3) is 0 Å². The van der Waals surface area contributed by atoms with Crippen LogP contribution in [0, 0.1) is 11.8 Å². The van der Waals surface area contributed by atoms with Gasteiger partial charge in [-0.05, 0) is 19.8 Å². The number of amides is 1. The Kier molecular flexibility index (Phi) is 2.74. The largest absolute Gasteiger partial charge is 0.462 e. The van der Waals surface area contributed by atoms with Crippen LogP contribution < -0.4 is 0 Å². The lowest BCUT2D eigenvalue weighted by molar-refractivity contribution is -0.156. The maximum atomic E-state index is 12.2. The standard InChI is InChI=1S/C12H17NO3/c1-4-7(2)13(3)11(14)9-5-8-6-10(9)12(15)16-8/h4,7-10H,1,5-6H2,2-3H3. The van der Waals surface area contributed by atoms with Crippen molar-refractivity contribution in [1.29, 1.82) is 0 Å².